The number of carboxylic acid groups (broad SMARTS) is 1. The van der Waals surface area contributed by atoms with Crippen LogP contribution < -0.4 is 34.7 Å². The number of rotatable bonds is 1. The summed E-state index contributed by atoms with van der Waals surface area (Å²) in [6.45, 7) is 16.2. The number of carbonyl (C=O) groups is 1. The monoisotopic (exact) mass is 494 g/mol. The van der Waals surface area contributed by atoms with Gasteiger partial charge in [-0.1, -0.05) is 60.1 Å². The minimum Gasteiger partial charge on any atom is -0.550 e. The quantitative estimate of drug-likeness (QED) is 0.431. The second-order valence-electron chi connectivity index (χ2n) is 15.2. The van der Waals surface area contributed by atoms with E-state index in [2.05, 4.69) is 54.5 Å². The average molecular weight is 495 g/mol. The van der Waals surface area contributed by atoms with Crippen molar-refractivity contribution in [3.05, 3.63) is 11.6 Å². The van der Waals surface area contributed by atoms with Crippen molar-refractivity contribution in [3.8, 4) is 0 Å². The van der Waals surface area contributed by atoms with Crippen LogP contribution in [0.1, 0.15) is 106 Å². The number of aliphatic hydroxyl groups excluding tert-OH is 2. The van der Waals surface area contributed by atoms with E-state index >= 15 is 0 Å². The van der Waals surface area contributed by atoms with E-state index in [-0.39, 0.29) is 62.6 Å². The topological polar surface area (TPSA) is 80.6 Å². The fourth-order valence-electron chi connectivity index (χ4n) is 10.7. The van der Waals surface area contributed by atoms with Crippen LogP contribution in [-0.2, 0) is 4.79 Å². The van der Waals surface area contributed by atoms with Crippen LogP contribution in [0.3, 0.4) is 0 Å². The Morgan fingerprint density at radius 1 is 0.914 bits per heavy atom. The van der Waals surface area contributed by atoms with E-state index in [0.717, 1.165) is 51.4 Å². The molecule has 35 heavy (non-hydrogen) atoms. The van der Waals surface area contributed by atoms with Gasteiger partial charge in [-0.05, 0) is 103 Å². The molecule has 4 fully saturated rings. The Labute approximate surface area is 235 Å². The Bertz CT molecular complexity index is 925. The summed E-state index contributed by atoms with van der Waals surface area (Å²) in [5.41, 5.74) is 0.507. The smallest absolute Gasteiger partial charge is 0.550 e. The molecule has 0 heterocycles. The summed E-state index contributed by atoms with van der Waals surface area (Å²) in [6, 6.07) is 0. The van der Waals surface area contributed by atoms with Crippen LogP contribution in [0.15, 0.2) is 11.6 Å². The molecule has 4 saturated carbocycles. The average Bonchev–Trinajstić information content (AvgIpc) is 2.72. The number of hydrogen-bond donors (Lipinski definition) is 2. The Hall–Kier alpha value is 0.130. The number of aliphatic carboxylic acids is 1. The molecular formula is C30H47NaO4. The molecule has 5 aliphatic rings. The molecule has 192 valence electrons. The maximum Gasteiger partial charge on any atom is 1.00 e. The number of carbonyl (C=O) groups excluding carboxylic acids is 1. The molecule has 0 aromatic heterocycles. The molecule has 5 heteroatoms. The largest absolute Gasteiger partial charge is 1.00 e. The zero-order chi connectivity index (χ0) is 25.1. The van der Waals surface area contributed by atoms with Crippen molar-refractivity contribution < 1.29 is 49.7 Å². The summed E-state index contributed by atoms with van der Waals surface area (Å²) in [5.74, 6) is 0.0269. The second kappa shape index (κ2) is 8.31. The van der Waals surface area contributed by atoms with Crippen molar-refractivity contribution in [2.24, 2.45) is 50.2 Å². The summed E-state index contributed by atoms with van der Waals surface area (Å²) in [5, 5.41) is 34.5. The van der Waals surface area contributed by atoms with Gasteiger partial charge >= 0.3 is 29.6 Å². The predicted octanol–water partition coefficient (Wildman–Crippen LogP) is 1.87. The van der Waals surface area contributed by atoms with Crippen molar-refractivity contribution in [1.82, 2.24) is 0 Å². The fraction of sp³-hybridized carbons (Fsp3) is 0.900. The normalized spacial score (nSPS) is 51.9. The van der Waals surface area contributed by atoms with E-state index in [1.807, 2.05) is 0 Å². The number of hydrogen-bond acceptors (Lipinski definition) is 4. The molecular weight excluding hydrogens is 447 g/mol. The van der Waals surface area contributed by atoms with Crippen LogP contribution in [0.5, 0.6) is 0 Å². The third-order valence-corrected chi connectivity index (χ3v) is 13.0. The SMILES string of the molecule is CC1(C)CC[C@]2(C(=O)[O-])CC[C@]3(C)C(=CC[C@@H]4[C@@]5(C)C[C@@H](O)[C@H](O)C(C)(C)[C@@H]5CC[C@]43C)[C@@H]2C1.[Na+]. The predicted molar refractivity (Wildman–Crippen MR) is 131 cm³/mol. The van der Waals surface area contributed by atoms with Gasteiger partial charge in [0.1, 0.15) is 0 Å². The third-order valence-electron chi connectivity index (χ3n) is 13.0. The van der Waals surface area contributed by atoms with Crippen LogP contribution in [-0.4, -0.2) is 28.4 Å². The van der Waals surface area contributed by atoms with Gasteiger partial charge in [-0.15, -0.1) is 0 Å². The molecule has 9 atom stereocenters. The molecule has 0 bridgehead atoms. The molecule has 0 unspecified atom stereocenters. The summed E-state index contributed by atoms with van der Waals surface area (Å²) < 4.78 is 0. The first-order valence-corrected chi connectivity index (χ1v) is 13.8. The third kappa shape index (κ3) is 3.51. The van der Waals surface area contributed by atoms with Gasteiger partial charge in [-0.25, -0.2) is 0 Å². The molecule has 0 spiro atoms. The standard InChI is InChI=1S/C30H48O4.Na/c1-25(2)12-14-30(24(33)34)15-13-28(6)18(19(30)16-25)8-9-22-27(5)17-20(31)23(32)26(3,4)21(27)10-11-29(22,28)7;/h8,19-23,31-32H,9-17H2,1-7H3,(H,33,34);/q;+1/p-1/t19-,20+,21-,22+,23-,27-,28+,29+,30-;/m0./s1. The van der Waals surface area contributed by atoms with E-state index in [0.29, 0.717) is 18.3 Å². The zero-order valence-corrected chi connectivity index (χ0v) is 25.5. The number of carboxylic acids is 1. The van der Waals surface area contributed by atoms with Crippen LogP contribution >= 0.6 is 0 Å². The van der Waals surface area contributed by atoms with Gasteiger partial charge in [-0.3, -0.25) is 0 Å². The van der Waals surface area contributed by atoms with Crippen LogP contribution in [0.2, 0.25) is 0 Å². The van der Waals surface area contributed by atoms with E-state index in [1.54, 1.807) is 0 Å². The molecule has 0 aliphatic heterocycles. The van der Waals surface area contributed by atoms with E-state index in [4.69, 9.17) is 0 Å². The number of fused-ring (bicyclic) bond motifs is 7. The molecule has 0 aromatic rings. The van der Waals surface area contributed by atoms with Crippen molar-refractivity contribution in [2.75, 3.05) is 0 Å². The first-order valence-electron chi connectivity index (χ1n) is 13.8. The van der Waals surface area contributed by atoms with Gasteiger partial charge in [0.25, 0.3) is 0 Å². The van der Waals surface area contributed by atoms with Gasteiger partial charge in [0.05, 0.1) is 12.2 Å². The first-order chi connectivity index (χ1) is 15.6. The minimum absolute atomic E-state index is 0. The zero-order valence-electron chi connectivity index (χ0n) is 23.5. The molecule has 4 nitrogen and oxygen atoms in total. The van der Waals surface area contributed by atoms with Crippen molar-refractivity contribution >= 4 is 5.97 Å². The van der Waals surface area contributed by atoms with Gasteiger partial charge in [-0.2, -0.15) is 0 Å². The Balaban J connectivity index is 0.00000289. The molecule has 2 N–H and O–H groups in total. The molecule has 0 radical (unpaired) electrons. The Kier molecular flexibility index (Phi) is 6.68. The van der Waals surface area contributed by atoms with Crippen molar-refractivity contribution in [1.29, 1.82) is 0 Å². The van der Waals surface area contributed by atoms with Crippen LogP contribution in [0.4, 0.5) is 0 Å². The summed E-state index contributed by atoms with van der Waals surface area (Å²) >= 11 is 0. The fourth-order valence-corrected chi connectivity index (χ4v) is 10.7. The summed E-state index contributed by atoms with van der Waals surface area (Å²) in [6.07, 6.45) is 9.11. The van der Waals surface area contributed by atoms with Gasteiger partial charge in [0, 0.05) is 11.4 Å². The Morgan fingerprint density at radius 3 is 2.17 bits per heavy atom. The summed E-state index contributed by atoms with van der Waals surface area (Å²) in [4.78, 5) is 12.7. The minimum atomic E-state index is -0.829. The van der Waals surface area contributed by atoms with Crippen molar-refractivity contribution in [3.63, 3.8) is 0 Å². The number of allylic oxidation sites excluding steroid dienone is 2. The molecule has 0 saturated heterocycles. The van der Waals surface area contributed by atoms with Gasteiger partial charge in [0.2, 0.25) is 0 Å². The van der Waals surface area contributed by atoms with E-state index in [9.17, 15) is 20.1 Å². The van der Waals surface area contributed by atoms with Gasteiger partial charge < -0.3 is 20.1 Å². The second-order valence-corrected chi connectivity index (χ2v) is 15.2. The van der Waals surface area contributed by atoms with Crippen molar-refractivity contribution in [2.45, 2.75) is 118 Å². The van der Waals surface area contributed by atoms with E-state index in [1.165, 1.54) is 5.57 Å². The number of aliphatic hydroxyl groups is 2. The molecule has 0 amide bonds. The Morgan fingerprint density at radius 2 is 1.54 bits per heavy atom. The summed E-state index contributed by atoms with van der Waals surface area (Å²) in [7, 11) is 0. The molecule has 5 aliphatic carbocycles. The maximum absolute atomic E-state index is 12.7. The van der Waals surface area contributed by atoms with E-state index < -0.39 is 23.6 Å². The molecule has 0 aromatic carbocycles. The van der Waals surface area contributed by atoms with Crippen LogP contribution in [0.25, 0.3) is 0 Å². The molecule has 5 rings (SSSR count). The van der Waals surface area contributed by atoms with Gasteiger partial charge in [0.15, 0.2) is 0 Å². The van der Waals surface area contributed by atoms with Crippen LogP contribution in [0, 0.1) is 50.2 Å². The maximum atomic E-state index is 12.7. The first kappa shape index (κ1) is 28.1.